The Morgan fingerprint density at radius 1 is 1.14 bits per heavy atom. The molecule has 2 aliphatic rings. The molecule has 2 heterocycles. The molecule has 0 saturated heterocycles. The third-order valence-corrected chi connectivity index (χ3v) is 4.40. The normalized spacial score (nSPS) is 26.0. The molecule has 2 aromatic carbocycles. The fraction of sp³-hybridized carbons (Fsp3) is 0.278. The Morgan fingerprint density at radius 2 is 1.91 bits per heavy atom. The van der Waals surface area contributed by atoms with Crippen molar-refractivity contribution in [2.45, 2.75) is 24.9 Å². The van der Waals surface area contributed by atoms with Crippen LogP contribution in [0.3, 0.4) is 0 Å². The van der Waals surface area contributed by atoms with Crippen molar-refractivity contribution in [3.05, 3.63) is 65.2 Å². The van der Waals surface area contributed by atoms with Gasteiger partial charge in [0.1, 0.15) is 12.4 Å². The Hall–Kier alpha value is -2.49. The second-order valence-electron chi connectivity index (χ2n) is 5.99. The van der Waals surface area contributed by atoms with Crippen LogP contribution in [-0.4, -0.2) is 17.9 Å². The lowest BCUT2D eigenvalue weighted by Crippen LogP contribution is -2.44. The number of hydrogen-bond acceptors (Lipinski definition) is 4. The molecule has 0 N–H and O–H groups in total. The highest BCUT2D eigenvalue weighted by Gasteiger charge is 2.49. The number of Topliss-reactive ketones (excluding diaryl/α,β-unsaturated/α-hetero) is 1. The molecule has 2 atom stereocenters. The van der Waals surface area contributed by atoms with Gasteiger partial charge in [-0.3, -0.25) is 4.79 Å². The fourth-order valence-corrected chi connectivity index (χ4v) is 3.07. The summed E-state index contributed by atoms with van der Waals surface area (Å²) in [6.07, 6.45) is 0.573. The average Bonchev–Trinajstić information content (AvgIpc) is 2.98. The van der Waals surface area contributed by atoms with Gasteiger partial charge in [-0.2, -0.15) is 10.2 Å². The maximum atomic E-state index is 12.8. The molecule has 0 amide bonds. The SMILES string of the molecule is Cc1ccc([C@@H]2C[C@@]3(COc4ccccc4C3=O)N=N2)cc1. The third-order valence-electron chi connectivity index (χ3n) is 4.40. The van der Waals surface area contributed by atoms with Crippen LogP contribution < -0.4 is 4.74 Å². The van der Waals surface area contributed by atoms with Crippen LogP contribution in [0.15, 0.2) is 58.8 Å². The summed E-state index contributed by atoms with van der Waals surface area (Å²) in [5.74, 6) is 0.667. The lowest BCUT2D eigenvalue weighted by Gasteiger charge is -2.29. The number of para-hydroxylation sites is 1. The summed E-state index contributed by atoms with van der Waals surface area (Å²) in [4.78, 5) is 12.8. The number of nitrogens with zero attached hydrogens (tertiary/aromatic N) is 2. The average molecular weight is 292 g/mol. The van der Waals surface area contributed by atoms with Crippen molar-refractivity contribution in [3.8, 4) is 5.75 Å². The van der Waals surface area contributed by atoms with Crippen LogP contribution in [0.5, 0.6) is 5.75 Å². The molecule has 4 heteroatoms. The number of carbonyl (C=O) groups excluding carboxylic acids is 1. The number of carbonyl (C=O) groups is 1. The van der Waals surface area contributed by atoms with E-state index in [1.807, 2.05) is 18.2 Å². The molecule has 0 aliphatic carbocycles. The second kappa shape index (κ2) is 4.77. The first-order valence-electron chi connectivity index (χ1n) is 7.43. The fourth-order valence-electron chi connectivity index (χ4n) is 3.07. The molecule has 110 valence electrons. The third kappa shape index (κ3) is 1.95. The van der Waals surface area contributed by atoms with Gasteiger partial charge in [-0.25, -0.2) is 0 Å². The molecule has 0 bridgehead atoms. The van der Waals surface area contributed by atoms with E-state index in [9.17, 15) is 4.79 Å². The first kappa shape index (κ1) is 13.2. The highest BCUT2D eigenvalue weighted by Crippen LogP contribution is 2.43. The minimum Gasteiger partial charge on any atom is -0.490 e. The molecule has 1 spiro atoms. The number of aryl methyl sites for hydroxylation is 1. The number of hydrogen-bond donors (Lipinski definition) is 0. The number of fused-ring (bicyclic) bond motifs is 1. The molecule has 22 heavy (non-hydrogen) atoms. The summed E-state index contributed by atoms with van der Waals surface area (Å²) in [6.45, 7) is 2.32. The van der Waals surface area contributed by atoms with Gasteiger partial charge in [0.2, 0.25) is 0 Å². The van der Waals surface area contributed by atoms with Crippen LogP contribution >= 0.6 is 0 Å². The van der Waals surface area contributed by atoms with Gasteiger partial charge in [-0.15, -0.1) is 0 Å². The van der Waals surface area contributed by atoms with Gasteiger partial charge in [0, 0.05) is 6.42 Å². The highest BCUT2D eigenvalue weighted by atomic mass is 16.5. The molecule has 0 fully saturated rings. The van der Waals surface area contributed by atoms with Crippen molar-refractivity contribution in [1.82, 2.24) is 0 Å². The van der Waals surface area contributed by atoms with Gasteiger partial charge in [0.25, 0.3) is 0 Å². The van der Waals surface area contributed by atoms with Crippen LogP contribution in [0.25, 0.3) is 0 Å². The quantitative estimate of drug-likeness (QED) is 0.800. The van der Waals surface area contributed by atoms with Gasteiger partial charge in [-0.05, 0) is 24.6 Å². The largest absolute Gasteiger partial charge is 0.490 e. The van der Waals surface area contributed by atoms with Crippen molar-refractivity contribution in [2.75, 3.05) is 6.61 Å². The van der Waals surface area contributed by atoms with Crippen LogP contribution in [0.4, 0.5) is 0 Å². The minimum atomic E-state index is -0.857. The molecule has 0 radical (unpaired) electrons. The molecule has 0 aromatic heterocycles. The van der Waals surface area contributed by atoms with Crippen molar-refractivity contribution in [1.29, 1.82) is 0 Å². The first-order valence-corrected chi connectivity index (χ1v) is 7.43. The Balaban J connectivity index is 1.64. The van der Waals surface area contributed by atoms with Gasteiger partial charge < -0.3 is 4.74 Å². The van der Waals surface area contributed by atoms with E-state index in [2.05, 4.69) is 41.4 Å². The van der Waals surface area contributed by atoms with Gasteiger partial charge in [-0.1, -0.05) is 42.0 Å². The monoisotopic (exact) mass is 292 g/mol. The Labute approximate surface area is 128 Å². The highest BCUT2D eigenvalue weighted by molar-refractivity contribution is 6.06. The summed E-state index contributed by atoms with van der Waals surface area (Å²) in [5, 5.41) is 8.70. The zero-order valence-corrected chi connectivity index (χ0v) is 12.3. The standard InChI is InChI=1S/C18H16N2O2/c1-12-6-8-13(9-7-12)15-10-18(20-19-15)11-22-16-5-3-2-4-14(16)17(18)21/h2-9,15H,10-11H2,1H3/t15-,18-/m0/s1. The maximum absolute atomic E-state index is 12.8. The molecular weight excluding hydrogens is 276 g/mol. The van der Waals surface area contributed by atoms with E-state index in [0.29, 0.717) is 17.7 Å². The Morgan fingerprint density at radius 3 is 2.73 bits per heavy atom. The predicted octanol–water partition coefficient (Wildman–Crippen LogP) is 3.91. The number of azo groups is 1. The van der Waals surface area contributed by atoms with E-state index in [0.717, 1.165) is 5.56 Å². The van der Waals surface area contributed by atoms with Crippen molar-refractivity contribution in [2.24, 2.45) is 10.2 Å². The van der Waals surface area contributed by atoms with Crippen LogP contribution in [0, 0.1) is 6.92 Å². The van der Waals surface area contributed by atoms with Crippen molar-refractivity contribution < 1.29 is 9.53 Å². The van der Waals surface area contributed by atoms with Crippen LogP contribution in [-0.2, 0) is 0 Å². The van der Waals surface area contributed by atoms with E-state index >= 15 is 0 Å². The van der Waals surface area contributed by atoms with E-state index in [1.54, 1.807) is 6.07 Å². The Bertz CT molecular complexity index is 767. The number of benzene rings is 2. The zero-order chi connectivity index (χ0) is 15.2. The number of ketones is 1. The van der Waals surface area contributed by atoms with Crippen LogP contribution in [0.1, 0.15) is 33.9 Å². The van der Waals surface area contributed by atoms with E-state index in [-0.39, 0.29) is 18.4 Å². The molecule has 4 nitrogen and oxygen atoms in total. The lowest BCUT2D eigenvalue weighted by molar-refractivity contribution is 0.0778. The van der Waals surface area contributed by atoms with Crippen molar-refractivity contribution in [3.63, 3.8) is 0 Å². The van der Waals surface area contributed by atoms with Crippen molar-refractivity contribution >= 4 is 5.78 Å². The predicted molar refractivity (Wildman–Crippen MR) is 82.4 cm³/mol. The van der Waals surface area contributed by atoms with E-state index in [4.69, 9.17) is 4.74 Å². The lowest BCUT2D eigenvalue weighted by atomic mass is 9.82. The summed E-state index contributed by atoms with van der Waals surface area (Å²) in [5.41, 5.74) is 2.05. The molecule has 2 aromatic rings. The summed E-state index contributed by atoms with van der Waals surface area (Å²) in [7, 11) is 0. The molecule has 0 saturated carbocycles. The van der Waals surface area contributed by atoms with E-state index in [1.165, 1.54) is 5.56 Å². The Kier molecular flexibility index (Phi) is 2.86. The van der Waals surface area contributed by atoms with Crippen LogP contribution in [0.2, 0.25) is 0 Å². The summed E-state index contributed by atoms with van der Waals surface area (Å²) in [6, 6.07) is 15.5. The summed E-state index contributed by atoms with van der Waals surface area (Å²) < 4.78 is 5.76. The molecule has 4 rings (SSSR count). The maximum Gasteiger partial charge on any atom is 0.199 e. The molecular formula is C18H16N2O2. The molecule has 2 aliphatic heterocycles. The smallest absolute Gasteiger partial charge is 0.199 e. The number of ether oxygens (including phenoxy) is 1. The van der Waals surface area contributed by atoms with Gasteiger partial charge in [0.05, 0.1) is 11.6 Å². The summed E-state index contributed by atoms with van der Waals surface area (Å²) >= 11 is 0. The van der Waals surface area contributed by atoms with Gasteiger partial charge in [0.15, 0.2) is 11.3 Å². The second-order valence-corrected chi connectivity index (χ2v) is 5.99. The number of rotatable bonds is 1. The first-order chi connectivity index (χ1) is 10.7. The van der Waals surface area contributed by atoms with Gasteiger partial charge >= 0.3 is 0 Å². The molecule has 0 unspecified atom stereocenters. The topological polar surface area (TPSA) is 51.0 Å². The zero-order valence-electron chi connectivity index (χ0n) is 12.3. The minimum absolute atomic E-state index is 0.0210. The van der Waals surface area contributed by atoms with E-state index < -0.39 is 5.54 Å².